The van der Waals surface area contributed by atoms with Gasteiger partial charge in [-0.3, -0.25) is 0 Å². The smallest absolute Gasteiger partial charge is 0.167 e. The molecule has 1 N–H and O–H groups in total. The molecule has 3 aromatic rings. The van der Waals surface area contributed by atoms with Crippen LogP contribution in [0.5, 0.6) is 23.0 Å². The Morgan fingerprint density at radius 2 is 1.72 bits per heavy atom. The van der Waals surface area contributed by atoms with Gasteiger partial charge in [-0.15, -0.1) is 0 Å². The summed E-state index contributed by atoms with van der Waals surface area (Å²) in [6.07, 6.45) is 2.01. The molecule has 1 heterocycles. The fourth-order valence-corrected chi connectivity index (χ4v) is 3.81. The minimum Gasteiger partial charge on any atom is -0.504 e. The summed E-state index contributed by atoms with van der Waals surface area (Å²) in [5, 5.41) is 10.9. The number of phenols is 1. The molecule has 5 rings (SSSR count). The van der Waals surface area contributed by atoms with Crippen LogP contribution in [0.2, 0.25) is 0 Å². The highest BCUT2D eigenvalue weighted by molar-refractivity contribution is 6.44. The van der Waals surface area contributed by atoms with Gasteiger partial charge in [0.2, 0.25) is 0 Å². The van der Waals surface area contributed by atoms with Gasteiger partial charge in [-0.05, 0) is 35.4 Å². The molecule has 144 valence electrons. The first-order valence-corrected chi connectivity index (χ1v) is 9.30. The molecule has 0 spiro atoms. The van der Waals surface area contributed by atoms with Gasteiger partial charge in [0, 0.05) is 11.6 Å². The van der Waals surface area contributed by atoms with Crippen LogP contribution in [-0.2, 0) is 6.61 Å². The summed E-state index contributed by atoms with van der Waals surface area (Å²) in [4.78, 5) is 4.75. The van der Waals surface area contributed by atoms with E-state index in [1.54, 1.807) is 20.3 Å². The SMILES string of the molecule is COc1cc2c(c(OC)c1)C1=Nc3ccc(OCc4ccccc4)c(O)c3C1=C2. The number of allylic oxidation sites excluding steroid dienone is 1. The van der Waals surface area contributed by atoms with E-state index >= 15 is 0 Å². The van der Waals surface area contributed by atoms with Crippen LogP contribution in [-0.4, -0.2) is 25.0 Å². The van der Waals surface area contributed by atoms with Gasteiger partial charge >= 0.3 is 0 Å². The van der Waals surface area contributed by atoms with Crippen molar-refractivity contribution >= 4 is 23.0 Å². The monoisotopic (exact) mass is 385 g/mol. The normalized spacial score (nSPS) is 13.2. The number of rotatable bonds is 5. The number of benzene rings is 3. The molecule has 5 heteroatoms. The summed E-state index contributed by atoms with van der Waals surface area (Å²) >= 11 is 0. The van der Waals surface area contributed by atoms with Crippen LogP contribution in [0.1, 0.15) is 22.3 Å². The fourth-order valence-electron chi connectivity index (χ4n) is 3.81. The molecular weight excluding hydrogens is 366 g/mol. The minimum absolute atomic E-state index is 0.0992. The number of methoxy groups -OCH3 is 2. The molecule has 0 aromatic heterocycles. The average molecular weight is 385 g/mol. The summed E-state index contributed by atoms with van der Waals surface area (Å²) in [6, 6.07) is 17.3. The van der Waals surface area contributed by atoms with Crippen LogP contribution in [0.25, 0.3) is 11.6 Å². The Bertz CT molecular complexity index is 1180. The molecule has 0 bridgehead atoms. The number of ether oxygens (including phenoxy) is 3. The van der Waals surface area contributed by atoms with E-state index in [0.29, 0.717) is 29.4 Å². The molecule has 0 saturated carbocycles. The maximum atomic E-state index is 10.9. The largest absolute Gasteiger partial charge is 0.504 e. The van der Waals surface area contributed by atoms with E-state index in [2.05, 4.69) is 0 Å². The summed E-state index contributed by atoms with van der Waals surface area (Å²) < 4.78 is 16.8. The van der Waals surface area contributed by atoms with Crippen LogP contribution in [0, 0.1) is 0 Å². The molecule has 0 atom stereocenters. The van der Waals surface area contributed by atoms with Gasteiger partial charge in [0.15, 0.2) is 11.5 Å². The third-order valence-electron chi connectivity index (χ3n) is 5.21. The highest BCUT2D eigenvalue weighted by Crippen LogP contribution is 2.51. The van der Waals surface area contributed by atoms with Crippen molar-refractivity contribution in [3.05, 3.63) is 76.9 Å². The van der Waals surface area contributed by atoms with Crippen LogP contribution in [0.4, 0.5) is 5.69 Å². The second-order valence-corrected chi connectivity index (χ2v) is 6.89. The lowest BCUT2D eigenvalue weighted by Gasteiger charge is -2.11. The molecule has 5 nitrogen and oxygen atoms in total. The number of aromatic hydroxyl groups is 1. The molecular formula is C24H19NO4. The number of hydrogen-bond donors (Lipinski definition) is 1. The van der Waals surface area contributed by atoms with E-state index < -0.39 is 0 Å². The van der Waals surface area contributed by atoms with E-state index in [-0.39, 0.29) is 5.75 Å². The van der Waals surface area contributed by atoms with Gasteiger partial charge in [0.05, 0.1) is 36.7 Å². The molecule has 1 aliphatic heterocycles. The predicted octanol–water partition coefficient (Wildman–Crippen LogP) is 4.98. The predicted molar refractivity (Wildman–Crippen MR) is 112 cm³/mol. The van der Waals surface area contributed by atoms with Crippen LogP contribution in [0.15, 0.2) is 59.6 Å². The van der Waals surface area contributed by atoms with E-state index in [9.17, 15) is 5.11 Å². The Kier molecular flexibility index (Phi) is 4.02. The lowest BCUT2D eigenvalue weighted by Crippen LogP contribution is -2.01. The standard InChI is InChI=1S/C24H19NO4/c1-27-16-10-15-11-17-22-18(25-23(17)21(15)20(12-16)28-2)8-9-19(24(22)26)29-13-14-6-4-3-5-7-14/h3-12,26H,13H2,1-2H3. The molecule has 29 heavy (non-hydrogen) atoms. The van der Waals surface area contributed by atoms with Crippen molar-refractivity contribution in [2.75, 3.05) is 14.2 Å². The maximum absolute atomic E-state index is 10.9. The summed E-state index contributed by atoms with van der Waals surface area (Å²) in [5.74, 6) is 1.94. The lowest BCUT2D eigenvalue weighted by molar-refractivity contribution is 0.289. The van der Waals surface area contributed by atoms with Gasteiger partial charge in [0.25, 0.3) is 0 Å². The van der Waals surface area contributed by atoms with Gasteiger partial charge in [-0.1, -0.05) is 30.3 Å². The van der Waals surface area contributed by atoms with Crippen LogP contribution in [0.3, 0.4) is 0 Å². The van der Waals surface area contributed by atoms with E-state index in [1.807, 2.05) is 54.6 Å². The molecule has 0 saturated heterocycles. The van der Waals surface area contributed by atoms with Crippen molar-refractivity contribution in [3.8, 4) is 23.0 Å². The number of phenolic OH excluding ortho intramolecular Hbond substituents is 1. The van der Waals surface area contributed by atoms with Gasteiger partial charge in [-0.25, -0.2) is 4.99 Å². The molecule has 0 radical (unpaired) electrons. The molecule has 2 aliphatic rings. The number of nitrogens with zero attached hydrogens (tertiary/aromatic N) is 1. The number of hydrogen-bond acceptors (Lipinski definition) is 5. The Morgan fingerprint density at radius 3 is 2.48 bits per heavy atom. The third kappa shape index (κ3) is 2.74. The van der Waals surface area contributed by atoms with Crippen LogP contribution >= 0.6 is 0 Å². The van der Waals surface area contributed by atoms with Crippen molar-refractivity contribution in [1.82, 2.24) is 0 Å². The second-order valence-electron chi connectivity index (χ2n) is 6.89. The Hall–Kier alpha value is -3.73. The van der Waals surface area contributed by atoms with Crippen molar-refractivity contribution < 1.29 is 19.3 Å². The highest BCUT2D eigenvalue weighted by Gasteiger charge is 2.34. The second kappa shape index (κ2) is 6.71. The summed E-state index contributed by atoms with van der Waals surface area (Å²) in [7, 11) is 3.25. The first-order valence-electron chi connectivity index (χ1n) is 9.30. The first-order chi connectivity index (χ1) is 14.2. The Balaban J connectivity index is 1.52. The van der Waals surface area contributed by atoms with Crippen molar-refractivity contribution in [2.45, 2.75) is 6.61 Å². The van der Waals surface area contributed by atoms with E-state index in [0.717, 1.165) is 33.7 Å². The van der Waals surface area contributed by atoms with Crippen LogP contribution < -0.4 is 14.2 Å². The first kappa shape index (κ1) is 17.4. The number of fused-ring (bicyclic) bond motifs is 5. The topological polar surface area (TPSA) is 60.3 Å². The average Bonchev–Trinajstić information content (AvgIpc) is 3.29. The van der Waals surface area contributed by atoms with E-state index in [4.69, 9.17) is 19.2 Å². The zero-order valence-electron chi connectivity index (χ0n) is 16.1. The molecule has 0 fully saturated rings. The summed E-state index contributed by atoms with van der Waals surface area (Å²) in [5.41, 5.74) is 5.96. The van der Waals surface area contributed by atoms with E-state index in [1.165, 1.54) is 0 Å². The zero-order chi connectivity index (χ0) is 20.0. The van der Waals surface area contributed by atoms with Gasteiger partial charge < -0.3 is 19.3 Å². The molecule has 0 amide bonds. The van der Waals surface area contributed by atoms with Crippen molar-refractivity contribution in [1.29, 1.82) is 0 Å². The highest BCUT2D eigenvalue weighted by atomic mass is 16.5. The summed E-state index contributed by atoms with van der Waals surface area (Å²) in [6.45, 7) is 0.380. The third-order valence-corrected chi connectivity index (χ3v) is 5.21. The molecule has 0 unspecified atom stereocenters. The maximum Gasteiger partial charge on any atom is 0.167 e. The van der Waals surface area contributed by atoms with Crippen molar-refractivity contribution in [2.24, 2.45) is 4.99 Å². The Morgan fingerprint density at radius 1 is 0.897 bits per heavy atom. The van der Waals surface area contributed by atoms with Gasteiger partial charge in [-0.2, -0.15) is 0 Å². The lowest BCUT2D eigenvalue weighted by atomic mass is 10.0. The number of aliphatic imine (C=N–C) groups is 1. The minimum atomic E-state index is 0.0992. The zero-order valence-corrected chi connectivity index (χ0v) is 16.1. The quantitative estimate of drug-likeness (QED) is 0.673. The fraction of sp³-hybridized carbons (Fsp3) is 0.125. The van der Waals surface area contributed by atoms with Crippen molar-refractivity contribution in [3.63, 3.8) is 0 Å². The molecule has 1 aliphatic carbocycles. The Labute approximate surface area is 168 Å². The van der Waals surface area contributed by atoms with Gasteiger partial charge in [0.1, 0.15) is 18.1 Å². The molecule has 3 aromatic carbocycles.